The van der Waals surface area contributed by atoms with Gasteiger partial charge in [0.2, 0.25) is 0 Å². The van der Waals surface area contributed by atoms with Crippen molar-refractivity contribution in [3.63, 3.8) is 0 Å². The molecular weight excluding hydrogens is 445 g/mol. The summed E-state index contributed by atoms with van der Waals surface area (Å²) < 4.78 is 32.9. The topological polar surface area (TPSA) is 89.6 Å². The Morgan fingerprint density at radius 3 is 2.76 bits per heavy atom. The summed E-state index contributed by atoms with van der Waals surface area (Å²) in [6.07, 6.45) is 0.947. The molecule has 0 saturated carbocycles. The molecule has 1 aromatic heterocycles. The number of aliphatic imine (C=N–C) groups is 1. The fraction of sp³-hybridized carbons (Fsp3) is 0.278. The maximum atomic E-state index is 14.3. The summed E-state index contributed by atoms with van der Waals surface area (Å²) in [4.78, 5) is 20.6. The highest BCUT2D eigenvalue weighted by Crippen LogP contribution is 2.45. The molecule has 1 aromatic carbocycles. The molecule has 0 radical (unpaired) electrons. The zero-order chi connectivity index (χ0) is 19.0. The fourth-order valence-corrected chi connectivity index (χ4v) is 4.31. The van der Waals surface area contributed by atoms with E-state index in [0.717, 1.165) is 18.0 Å². The molecule has 11 heteroatoms. The van der Waals surface area contributed by atoms with Gasteiger partial charge in [0.15, 0.2) is 5.17 Å². The van der Waals surface area contributed by atoms with Gasteiger partial charge in [-0.1, -0.05) is 11.8 Å². The van der Waals surface area contributed by atoms with E-state index in [-0.39, 0.29) is 42.1 Å². The van der Waals surface area contributed by atoms with Crippen LogP contribution < -0.4 is 11.1 Å². The molecule has 0 spiro atoms. The number of halogens is 4. The van der Waals surface area contributed by atoms with Crippen LogP contribution in [0.5, 0.6) is 0 Å². The number of pyridine rings is 1. The quantitative estimate of drug-likeness (QED) is 0.729. The summed E-state index contributed by atoms with van der Waals surface area (Å²) >= 11 is 1.45. The average molecular weight is 463 g/mol. The number of carbonyl (C=O) groups is 1. The Morgan fingerprint density at radius 1 is 1.24 bits per heavy atom. The zero-order valence-corrected chi connectivity index (χ0v) is 17.4. The largest absolute Gasteiger partial charge is 0.379 e. The number of rotatable bonds is 3. The summed E-state index contributed by atoms with van der Waals surface area (Å²) in [6, 6.07) is 6.65. The highest BCUT2D eigenvalue weighted by Gasteiger charge is 2.48. The van der Waals surface area contributed by atoms with Gasteiger partial charge >= 0.3 is 0 Å². The first-order chi connectivity index (χ1) is 13.0. The Balaban J connectivity index is 0.00000150. The van der Waals surface area contributed by atoms with Gasteiger partial charge in [-0.05, 0) is 35.9 Å². The first-order valence-electron chi connectivity index (χ1n) is 8.26. The van der Waals surface area contributed by atoms with E-state index in [0.29, 0.717) is 23.9 Å². The molecule has 3 N–H and O–H groups in total. The Kier molecular flexibility index (Phi) is 7.45. The second-order valence-corrected chi connectivity index (χ2v) is 7.48. The van der Waals surface area contributed by atoms with Gasteiger partial charge in [0.25, 0.3) is 5.91 Å². The minimum atomic E-state index is -0.759. The smallest absolute Gasteiger partial charge is 0.274 e. The summed E-state index contributed by atoms with van der Waals surface area (Å²) in [5.74, 6) is -0.824. The number of amides is 1. The number of nitrogens with one attached hydrogen (secondary N) is 1. The van der Waals surface area contributed by atoms with Crippen molar-refractivity contribution in [2.24, 2.45) is 16.6 Å². The van der Waals surface area contributed by atoms with Gasteiger partial charge in [0.05, 0.1) is 19.4 Å². The van der Waals surface area contributed by atoms with Crippen molar-refractivity contribution < 1.29 is 18.3 Å². The normalized spacial score (nSPS) is 22.6. The van der Waals surface area contributed by atoms with Crippen LogP contribution in [-0.2, 0) is 10.3 Å². The molecule has 1 saturated heterocycles. The molecule has 1 fully saturated rings. The highest BCUT2D eigenvalue weighted by molar-refractivity contribution is 8.13. The third kappa shape index (κ3) is 4.63. The van der Waals surface area contributed by atoms with Crippen molar-refractivity contribution in [3.05, 3.63) is 59.4 Å². The fourth-order valence-electron chi connectivity index (χ4n) is 3.34. The lowest BCUT2D eigenvalue weighted by molar-refractivity contribution is 0.102. The summed E-state index contributed by atoms with van der Waals surface area (Å²) in [6.45, 7) is 0.816. The van der Waals surface area contributed by atoms with Gasteiger partial charge < -0.3 is 15.8 Å². The summed E-state index contributed by atoms with van der Waals surface area (Å²) in [5, 5.41) is 3.03. The van der Waals surface area contributed by atoms with E-state index in [2.05, 4.69) is 15.3 Å². The van der Waals surface area contributed by atoms with Crippen molar-refractivity contribution in [1.29, 1.82) is 0 Å². The van der Waals surface area contributed by atoms with Crippen molar-refractivity contribution in [3.8, 4) is 0 Å². The highest BCUT2D eigenvalue weighted by atomic mass is 35.5. The number of amidine groups is 1. The van der Waals surface area contributed by atoms with Crippen LogP contribution in [0.1, 0.15) is 16.1 Å². The lowest BCUT2D eigenvalue weighted by Crippen LogP contribution is -2.39. The van der Waals surface area contributed by atoms with Crippen LogP contribution in [0, 0.1) is 17.6 Å². The number of fused-ring (bicyclic) bond motifs is 1. The molecule has 0 bridgehead atoms. The van der Waals surface area contributed by atoms with E-state index in [1.807, 2.05) is 0 Å². The first-order valence-corrected chi connectivity index (χ1v) is 9.25. The van der Waals surface area contributed by atoms with Gasteiger partial charge in [-0.2, -0.15) is 0 Å². The SMILES string of the molecule is Cl.Cl.NC1=N[C@@]2(c3cc(F)cc(NC(=O)c4ccc(F)cn4)c3)COC[C@H]2CS1. The molecule has 1 amide bonds. The molecule has 2 aliphatic heterocycles. The number of hydrogen-bond donors (Lipinski definition) is 2. The first kappa shape index (κ1) is 23.3. The zero-order valence-electron chi connectivity index (χ0n) is 14.9. The van der Waals surface area contributed by atoms with Crippen LogP contribution in [0.2, 0.25) is 0 Å². The molecular formula is C18H18Cl2F2N4O2S. The Bertz CT molecular complexity index is 933. The number of anilines is 1. The number of carbonyl (C=O) groups excluding carboxylic acids is 1. The van der Waals surface area contributed by atoms with Crippen LogP contribution in [0.4, 0.5) is 14.5 Å². The van der Waals surface area contributed by atoms with Crippen molar-refractivity contribution in [2.75, 3.05) is 24.3 Å². The van der Waals surface area contributed by atoms with E-state index in [9.17, 15) is 13.6 Å². The lowest BCUT2D eigenvalue weighted by atomic mass is 9.81. The van der Waals surface area contributed by atoms with Gasteiger partial charge in [0.1, 0.15) is 22.9 Å². The van der Waals surface area contributed by atoms with E-state index in [1.165, 1.54) is 30.0 Å². The molecule has 3 heterocycles. The maximum Gasteiger partial charge on any atom is 0.274 e. The minimum Gasteiger partial charge on any atom is -0.379 e. The molecule has 4 rings (SSSR count). The van der Waals surface area contributed by atoms with Crippen LogP contribution >= 0.6 is 36.6 Å². The molecule has 6 nitrogen and oxygen atoms in total. The van der Waals surface area contributed by atoms with Crippen LogP contribution in [0.25, 0.3) is 0 Å². The summed E-state index contributed by atoms with van der Waals surface area (Å²) in [7, 11) is 0. The Labute approximate surface area is 182 Å². The molecule has 2 aliphatic rings. The number of aromatic nitrogens is 1. The van der Waals surface area contributed by atoms with Gasteiger partial charge in [0, 0.05) is 17.4 Å². The maximum absolute atomic E-state index is 14.3. The lowest BCUT2D eigenvalue weighted by Gasteiger charge is -2.34. The molecule has 2 atom stereocenters. The minimum absolute atomic E-state index is 0. The Morgan fingerprint density at radius 2 is 2.03 bits per heavy atom. The number of thioether (sulfide) groups is 1. The van der Waals surface area contributed by atoms with Gasteiger partial charge in [-0.15, -0.1) is 24.8 Å². The number of benzene rings is 1. The van der Waals surface area contributed by atoms with Crippen LogP contribution in [0.3, 0.4) is 0 Å². The molecule has 156 valence electrons. The van der Waals surface area contributed by atoms with E-state index < -0.39 is 23.1 Å². The predicted molar refractivity (Wildman–Crippen MR) is 113 cm³/mol. The molecule has 2 aromatic rings. The van der Waals surface area contributed by atoms with Crippen LogP contribution in [-0.4, -0.2) is 35.0 Å². The van der Waals surface area contributed by atoms with Crippen molar-refractivity contribution >= 4 is 53.3 Å². The molecule has 0 aliphatic carbocycles. The number of ether oxygens (including phenoxy) is 1. The predicted octanol–water partition coefficient (Wildman–Crippen LogP) is 3.36. The molecule has 29 heavy (non-hydrogen) atoms. The summed E-state index contributed by atoms with van der Waals surface area (Å²) in [5.41, 5.74) is 6.03. The number of nitrogens with zero attached hydrogens (tertiary/aromatic N) is 2. The van der Waals surface area contributed by atoms with E-state index in [1.54, 1.807) is 6.07 Å². The standard InChI is InChI=1S/C18H16F2N4O2S.2ClH/c19-12-1-2-15(22-6-12)16(25)23-14-4-10(3-13(20)5-14)18-9-26-7-11(18)8-27-17(21)24-18;;/h1-6,11H,7-9H2,(H2,21,24)(H,23,25);2*1H/t11-,18+;;/m0../s1. The van der Waals surface area contributed by atoms with Crippen molar-refractivity contribution in [1.82, 2.24) is 4.98 Å². The van der Waals surface area contributed by atoms with Gasteiger partial charge in [-0.3, -0.25) is 4.79 Å². The third-order valence-corrected chi connectivity index (χ3v) is 5.63. The number of nitrogens with two attached hydrogens (primary N) is 1. The van der Waals surface area contributed by atoms with E-state index in [4.69, 9.17) is 10.5 Å². The second-order valence-electron chi connectivity index (χ2n) is 6.44. The Hall–Kier alpha value is -1.94. The average Bonchev–Trinajstić information content (AvgIpc) is 3.06. The van der Waals surface area contributed by atoms with E-state index >= 15 is 0 Å². The third-order valence-electron chi connectivity index (χ3n) is 4.67. The van der Waals surface area contributed by atoms with Crippen LogP contribution in [0.15, 0.2) is 41.5 Å². The monoisotopic (exact) mass is 462 g/mol. The number of hydrogen-bond acceptors (Lipinski definition) is 6. The second kappa shape index (κ2) is 9.25. The van der Waals surface area contributed by atoms with Crippen molar-refractivity contribution in [2.45, 2.75) is 5.54 Å². The molecule has 0 unspecified atom stereocenters. The van der Waals surface area contributed by atoms with Gasteiger partial charge in [-0.25, -0.2) is 18.8 Å².